The van der Waals surface area contributed by atoms with Gasteiger partial charge in [-0.15, -0.1) is 5.10 Å². The summed E-state index contributed by atoms with van der Waals surface area (Å²) in [5.74, 6) is 2.93. The van der Waals surface area contributed by atoms with Crippen LogP contribution in [0.4, 0.5) is 5.69 Å². The molecule has 0 radical (unpaired) electrons. The predicted molar refractivity (Wildman–Crippen MR) is 137 cm³/mol. The smallest absolute Gasteiger partial charge is 0.173 e. The van der Waals surface area contributed by atoms with E-state index in [2.05, 4.69) is 63.4 Å². The third-order valence-electron chi connectivity index (χ3n) is 7.01. The Morgan fingerprint density at radius 3 is 2.47 bits per heavy atom. The van der Waals surface area contributed by atoms with Gasteiger partial charge < -0.3 is 18.8 Å². The van der Waals surface area contributed by atoms with Crippen molar-refractivity contribution in [3.63, 3.8) is 0 Å². The maximum Gasteiger partial charge on any atom is 0.173 e. The summed E-state index contributed by atoms with van der Waals surface area (Å²) in [6, 6.07) is 16.2. The maximum atomic E-state index is 5.62. The molecular formula is C27H32N6O3. The largest absolute Gasteiger partial charge is 0.493 e. The average molecular weight is 489 g/mol. The van der Waals surface area contributed by atoms with Gasteiger partial charge in [0.2, 0.25) is 0 Å². The first-order valence-corrected chi connectivity index (χ1v) is 12.1. The van der Waals surface area contributed by atoms with Gasteiger partial charge in [-0.2, -0.15) is 0 Å². The van der Waals surface area contributed by atoms with Crippen LogP contribution in [0.25, 0.3) is 0 Å². The number of furan rings is 1. The van der Waals surface area contributed by atoms with E-state index in [1.807, 2.05) is 28.9 Å². The second-order valence-electron chi connectivity index (χ2n) is 9.03. The van der Waals surface area contributed by atoms with Gasteiger partial charge in [-0.1, -0.05) is 18.2 Å². The van der Waals surface area contributed by atoms with E-state index in [4.69, 9.17) is 13.9 Å². The normalized spacial score (nSPS) is 15.2. The molecule has 0 N–H and O–H groups in total. The Kier molecular flexibility index (Phi) is 6.90. The molecule has 4 aromatic rings. The van der Waals surface area contributed by atoms with Gasteiger partial charge in [-0.3, -0.25) is 4.90 Å². The highest BCUT2D eigenvalue weighted by molar-refractivity contribution is 5.56. The van der Waals surface area contributed by atoms with Crippen molar-refractivity contribution in [2.45, 2.75) is 26.4 Å². The van der Waals surface area contributed by atoms with Crippen LogP contribution in [0.2, 0.25) is 0 Å². The Morgan fingerprint density at radius 2 is 1.75 bits per heavy atom. The molecule has 2 aromatic heterocycles. The summed E-state index contributed by atoms with van der Waals surface area (Å²) in [6.07, 6.45) is 1.66. The number of aryl methyl sites for hydroxylation is 1. The minimum atomic E-state index is -0.157. The van der Waals surface area contributed by atoms with Crippen LogP contribution in [0.3, 0.4) is 0 Å². The monoisotopic (exact) mass is 488 g/mol. The van der Waals surface area contributed by atoms with Crippen molar-refractivity contribution in [3.05, 3.63) is 83.1 Å². The molecule has 0 unspecified atom stereocenters. The summed E-state index contributed by atoms with van der Waals surface area (Å²) in [7, 11) is 3.30. The third-order valence-corrected chi connectivity index (χ3v) is 7.01. The quantitative estimate of drug-likeness (QED) is 0.370. The lowest BCUT2D eigenvalue weighted by atomic mass is 10.0. The number of nitrogens with zero attached hydrogens (tertiary/aromatic N) is 6. The van der Waals surface area contributed by atoms with Gasteiger partial charge in [-0.25, -0.2) is 4.68 Å². The Morgan fingerprint density at radius 1 is 0.944 bits per heavy atom. The predicted octanol–water partition coefficient (Wildman–Crippen LogP) is 3.86. The second-order valence-corrected chi connectivity index (χ2v) is 9.03. The van der Waals surface area contributed by atoms with Gasteiger partial charge in [0.1, 0.15) is 12.3 Å². The van der Waals surface area contributed by atoms with Gasteiger partial charge >= 0.3 is 0 Å². The SMILES string of the molecule is COc1ccc([C@H](c2nnnn2Cc2ccco2)N2CCN(c3cccc(C)c3C)CC2)cc1OC. The molecule has 3 heterocycles. The number of piperazine rings is 1. The van der Waals surface area contributed by atoms with Crippen molar-refractivity contribution in [1.29, 1.82) is 0 Å². The summed E-state index contributed by atoms with van der Waals surface area (Å²) in [5, 5.41) is 12.8. The fourth-order valence-corrected chi connectivity index (χ4v) is 4.92. The lowest BCUT2D eigenvalue weighted by molar-refractivity contribution is 0.200. The molecule has 5 rings (SSSR count). The van der Waals surface area contributed by atoms with E-state index in [1.54, 1.807) is 20.5 Å². The zero-order valence-corrected chi connectivity index (χ0v) is 21.2. The minimum Gasteiger partial charge on any atom is -0.493 e. The van der Waals surface area contributed by atoms with Crippen molar-refractivity contribution >= 4 is 5.69 Å². The van der Waals surface area contributed by atoms with Crippen molar-refractivity contribution in [2.24, 2.45) is 0 Å². The molecule has 1 saturated heterocycles. The van der Waals surface area contributed by atoms with Crippen molar-refractivity contribution < 1.29 is 13.9 Å². The van der Waals surface area contributed by atoms with Gasteiger partial charge in [0.25, 0.3) is 0 Å². The molecule has 36 heavy (non-hydrogen) atoms. The first kappa shape index (κ1) is 23.9. The fraction of sp³-hybridized carbons (Fsp3) is 0.370. The number of rotatable bonds is 8. The molecule has 0 saturated carbocycles. The molecule has 188 valence electrons. The first-order chi connectivity index (χ1) is 17.6. The summed E-state index contributed by atoms with van der Waals surface area (Å²) >= 11 is 0. The van der Waals surface area contributed by atoms with Crippen LogP contribution >= 0.6 is 0 Å². The Bertz CT molecular complexity index is 1290. The highest BCUT2D eigenvalue weighted by Crippen LogP contribution is 2.35. The maximum absolute atomic E-state index is 5.62. The highest BCUT2D eigenvalue weighted by Gasteiger charge is 2.32. The topological polar surface area (TPSA) is 81.7 Å². The minimum absolute atomic E-state index is 0.157. The summed E-state index contributed by atoms with van der Waals surface area (Å²) in [5.41, 5.74) is 5.00. The summed E-state index contributed by atoms with van der Waals surface area (Å²) in [4.78, 5) is 4.91. The Labute approximate surface area is 211 Å². The van der Waals surface area contributed by atoms with Crippen molar-refractivity contribution in [2.75, 3.05) is 45.3 Å². The molecular weight excluding hydrogens is 456 g/mol. The highest BCUT2D eigenvalue weighted by atomic mass is 16.5. The molecule has 1 aliphatic rings. The van der Waals surface area contributed by atoms with E-state index in [1.165, 1.54) is 16.8 Å². The molecule has 9 nitrogen and oxygen atoms in total. The second kappa shape index (κ2) is 10.4. The van der Waals surface area contributed by atoms with Crippen LogP contribution in [-0.2, 0) is 6.54 Å². The molecule has 0 bridgehead atoms. The zero-order valence-electron chi connectivity index (χ0n) is 21.2. The van der Waals surface area contributed by atoms with E-state index in [-0.39, 0.29) is 6.04 Å². The zero-order chi connectivity index (χ0) is 25.1. The van der Waals surface area contributed by atoms with Gasteiger partial charge in [0, 0.05) is 31.9 Å². The number of hydrogen-bond acceptors (Lipinski definition) is 8. The van der Waals surface area contributed by atoms with E-state index in [9.17, 15) is 0 Å². The van der Waals surface area contributed by atoms with Crippen LogP contribution in [0, 0.1) is 13.8 Å². The van der Waals surface area contributed by atoms with E-state index < -0.39 is 0 Å². The molecule has 9 heteroatoms. The number of benzene rings is 2. The Balaban J connectivity index is 1.47. The molecule has 0 aliphatic carbocycles. The van der Waals surface area contributed by atoms with Crippen LogP contribution in [0.5, 0.6) is 11.5 Å². The molecule has 1 atom stereocenters. The lowest BCUT2D eigenvalue weighted by Crippen LogP contribution is -2.48. The van der Waals surface area contributed by atoms with Gasteiger partial charge in [0.05, 0.1) is 26.5 Å². The van der Waals surface area contributed by atoms with Crippen molar-refractivity contribution in [1.82, 2.24) is 25.1 Å². The Hall–Kier alpha value is -3.85. The van der Waals surface area contributed by atoms with Crippen LogP contribution in [-0.4, -0.2) is 65.5 Å². The lowest BCUT2D eigenvalue weighted by Gasteiger charge is -2.40. The number of tetrazole rings is 1. The average Bonchev–Trinajstić information content (AvgIpc) is 3.59. The molecule has 1 fully saturated rings. The van der Waals surface area contributed by atoms with Crippen LogP contribution < -0.4 is 14.4 Å². The third kappa shape index (κ3) is 4.66. The summed E-state index contributed by atoms with van der Waals surface area (Å²) in [6.45, 7) is 8.37. The number of hydrogen-bond donors (Lipinski definition) is 0. The van der Waals surface area contributed by atoms with Crippen molar-refractivity contribution in [3.8, 4) is 11.5 Å². The van der Waals surface area contributed by atoms with E-state index >= 15 is 0 Å². The van der Waals surface area contributed by atoms with E-state index in [0.29, 0.717) is 18.0 Å². The standard InChI is InChI=1S/C27H32N6O3/c1-19-7-5-9-23(20(19)2)31-12-14-32(15-13-31)26(21-10-11-24(34-3)25(17-21)35-4)27-28-29-30-33(27)18-22-8-6-16-36-22/h5-11,16-17,26H,12-15,18H2,1-4H3/t26-/m1/s1. The molecule has 1 aliphatic heterocycles. The number of methoxy groups -OCH3 is 2. The van der Waals surface area contributed by atoms with Crippen LogP contribution in [0.15, 0.2) is 59.2 Å². The molecule has 0 amide bonds. The summed E-state index contributed by atoms with van der Waals surface area (Å²) < 4.78 is 18.5. The number of ether oxygens (including phenoxy) is 2. The fourth-order valence-electron chi connectivity index (χ4n) is 4.92. The molecule has 0 spiro atoms. The number of anilines is 1. The van der Waals surface area contributed by atoms with E-state index in [0.717, 1.165) is 43.3 Å². The first-order valence-electron chi connectivity index (χ1n) is 12.1. The van der Waals surface area contributed by atoms with Crippen LogP contribution in [0.1, 0.15) is 34.3 Å². The molecule has 2 aromatic carbocycles. The van der Waals surface area contributed by atoms with Gasteiger partial charge in [0.15, 0.2) is 17.3 Å². The number of aromatic nitrogens is 4. The van der Waals surface area contributed by atoms with Gasteiger partial charge in [-0.05, 0) is 71.3 Å².